The number of anilines is 1. The number of rotatable bonds is 4. The average Bonchev–Trinajstić information content (AvgIpc) is 3.04. The minimum atomic E-state index is -0.431. The van der Waals surface area contributed by atoms with Crippen LogP contribution in [-0.4, -0.2) is 28.9 Å². The van der Waals surface area contributed by atoms with Crippen LogP contribution in [0.15, 0.2) is 47.7 Å². The Labute approximate surface area is 177 Å². The fourth-order valence-electron chi connectivity index (χ4n) is 3.46. The highest BCUT2D eigenvalue weighted by Gasteiger charge is 2.22. The predicted octanol–water partition coefficient (Wildman–Crippen LogP) is 4.45. The van der Waals surface area contributed by atoms with E-state index in [-0.39, 0.29) is 10.9 Å². The Morgan fingerprint density at radius 2 is 2.17 bits per heavy atom. The van der Waals surface area contributed by atoms with Crippen LogP contribution in [-0.2, 0) is 11.3 Å². The molecule has 0 aliphatic carbocycles. The molecule has 1 aromatic heterocycles. The van der Waals surface area contributed by atoms with Crippen molar-refractivity contribution in [1.82, 2.24) is 9.88 Å². The maximum atomic E-state index is 13.3. The highest BCUT2D eigenvalue weighted by molar-refractivity contribution is 7.18. The van der Waals surface area contributed by atoms with Crippen LogP contribution in [0.3, 0.4) is 0 Å². The number of aryl methyl sites for hydroxylation is 1. The van der Waals surface area contributed by atoms with E-state index in [2.05, 4.69) is 15.2 Å². The van der Waals surface area contributed by atoms with Crippen molar-refractivity contribution in [3.05, 3.63) is 69.1 Å². The summed E-state index contributed by atoms with van der Waals surface area (Å²) < 4.78 is 14.4. The number of nitrogens with two attached hydrogens (primary N) is 1. The number of fused-ring (bicyclic) bond motifs is 1. The van der Waals surface area contributed by atoms with Crippen LogP contribution in [0.25, 0.3) is 10.2 Å². The van der Waals surface area contributed by atoms with Crippen LogP contribution in [0.2, 0.25) is 5.02 Å². The molecule has 4 rings (SSSR count). The van der Waals surface area contributed by atoms with Crippen molar-refractivity contribution < 1.29 is 9.18 Å². The van der Waals surface area contributed by atoms with Gasteiger partial charge in [0.25, 0.3) is 5.91 Å². The molecule has 0 spiro atoms. The second-order valence-corrected chi connectivity index (χ2v) is 8.72. The lowest BCUT2D eigenvalue weighted by molar-refractivity contribution is -0.113. The summed E-state index contributed by atoms with van der Waals surface area (Å²) in [5.41, 5.74) is 9.94. The molecule has 0 saturated carbocycles. The molecule has 0 fully saturated rings. The van der Waals surface area contributed by atoms with E-state index in [0.717, 1.165) is 26.5 Å². The van der Waals surface area contributed by atoms with Crippen molar-refractivity contribution in [3.8, 4) is 0 Å². The SMILES string of the molecule is Cc1nc2ccc(NC(=O)C3=C(N)CN(Cc4ccc(F)c(Cl)c4)CC3)cc2s1. The van der Waals surface area contributed by atoms with Gasteiger partial charge in [0.2, 0.25) is 0 Å². The number of nitrogens with one attached hydrogen (secondary N) is 1. The van der Waals surface area contributed by atoms with E-state index in [1.54, 1.807) is 23.5 Å². The van der Waals surface area contributed by atoms with Crippen LogP contribution in [0.1, 0.15) is 17.0 Å². The molecule has 8 heteroatoms. The molecule has 0 atom stereocenters. The lowest BCUT2D eigenvalue weighted by atomic mass is 10.0. The Kier molecular flexibility index (Phi) is 5.54. The van der Waals surface area contributed by atoms with Crippen molar-refractivity contribution in [3.63, 3.8) is 0 Å². The third-order valence-electron chi connectivity index (χ3n) is 4.88. The van der Waals surface area contributed by atoms with E-state index in [1.165, 1.54) is 6.07 Å². The van der Waals surface area contributed by atoms with Crippen molar-refractivity contribution in [2.24, 2.45) is 5.73 Å². The van der Waals surface area contributed by atoms with Gasteiger partial charge in [-0.15, -0.1) is 11.3 Å². The zero-order valence-corrected chi connectivity index (χ0v) is 17.4. The first-order valence-electron chi connectivity index (χ1n) is 9.21. The molecule has 0 unspecified atom stereocenters. The number of benzene rings is 2. The van der Waals surface area contributed by atoms with Gasteiger partial charge >= 0.3 is 0 Å². The van der Waals surface area contributed by atoms with Crippen LogP contribution in [0.4, 0.5) is 10.1 Å². The molecule has 0 saturated heterocycles. The number of carbonyl (C=O) groups is 1. The number of nitrogens with zero attached hydrogens (tertiary/aromatic N) is 2. The highest BCUT2D eigenvalue weighted by Crippen LogP contribution is 2.26. The van der Waals surface area contributed by atoms with E-state index in [1.807, 2.05) is 25.1 Å². The molecule has 1 aliphatic heterocycles. The summed E-state index contributed by atoms with van der Waals surface area (Å²) in [7, 11) is 0. The van der Waals surface area contributed by atoms with Gasteiger partial charge in [-0.2, -0.15) is 0 Å². The number of carbonyl (C=O) groups excluding carboxylic acids is 1. The zero-order chi connectivity index (χ0) is 20.5. The zero-order valence-electron chi connectivity index (χ0n) is 15.8. The summed E-state index contributed by atoms with van der Waals surface area (Å²) in [5, 5.41) is 4.04. The van der Waals surface area contributed by atoms with Gasteiger partial charge < -0.3 is 11.1 Å². The normalized spacial score (nSPS) is 15.1. The molecule has 5 nitrogen and oxygen atoms in total. The number of amides is 1. The van der Waals surface area contributed by atoms with Gasteiger partial charge in [-0.1, -0.05) is 17.7 Å². The van der Waals surface area contributed by atoms with Crippen LogP contribution < -0.4 is 11.1 Å². The lowest BCUT2D eigenvalue weighted by Crippen LogP contribution is -2.36. The largest absolute Gasteiger partial charge is 0.401 e. The second-order valence-electron chi connectivity index (χ2n) is 7.08. The summed E-state index contributed by atoms with van der Waals surface area (Å²) in [6.45, 7) is 3.72. The van der Waals surface area contributed by atoms with Gasteiger partial charge in [0.15, 0.2) is 0 Å². The van der Waals surface area contributed by atoms with E-state index in [0.29, 0.717) is 37.3 Å². The Morgan fingerprint density at radius 3 is 2.93 bits per heavy atom. The Balaban J connectivity index is 1.43. The molecular formula is C21H20ClFN4OS. The minimum Gasteiger partial charge on any atom is -0.401 e. The first kappa shape index (κ1) is 19.8. The van der Waals surface area contributed by atoms with E-state index < -0.39 is 5.82 Å². The number of hydrogen-bond acceptors (Lipinski definition) is 5. The summed E-state index contributed by atoms with van der Waals surface area (Å²) in [4.78, 5) is 19.3. The number of halogens is 2. The van der Waals surface area contributed by atoms with Crippen molar-refractivity contribution in [2.75, 3.05) is 18.4 Å². The lowest BCUT2D eigenvalue weighted by Gasteiger charge is -2.29. The highest BCUT2D eigenvalue weighted by atomic mass is 35.5. The molecule has 2 heterocycles. The number of hydrogen-bond donors (Lipinski definition) is 2. The summed E-state index contributed by atoms with van der Waals surface area (Å²) in [6.07, 6.45) is 0.550. The van der Waals surface area contributed by atoms with E-state index in [4.69, 9.17) is 17.3 Å². The summed E-state index contributed by atoms with van der Waals surface area (Å²) >= 11 is 7.45. The Morgan fingerprint density at radius 1 is 1.34 bits per heavy atom. The molecular weight excluding hydrogens is 411 g/mol. The first-order chi connectivity index (χ1) is 13.9. The molecule has 0 radical (unpaired) electrons. The van der Waals surface area contributed by atoms with Crippen molar-refractivity contribution >= 4 is 44.7 Å². The number of thiazole rings is 1. The van der Waals surface area contributed by atoms with Gasteiger partial charge in [-0.05, 0) is 49.2 Å². The van der Waals surface area contributed by atoms with E-state index >= 15 is 0 Å². The van der Waals surface area contributed by atoms with Gasteiger partial charge in [0, 0.05) is 36.6 Å². The van der Waals surface area contributed by atoms with Gasteiger partial charge in [-0.3, -0.25) is 9.69 Å². The fraction of sp³-hybridized carbons (Fsp3) is 0.238. The third kappa shape index (κ3) is 4.42. The fourth-order valence-corrected chi connectivity index (χ4v) is 4.53. The molecule has 2 aromatic carbocycles. The van der Waals surface area contributed by atoms with Gasteiger partial charge in [0.1, 0.15) is 5.82 Å². The number of aromatic nitrogens is 1. The molecule has 29 heavy (non-hydrogen) atoms. The molecule has 1 amide bonds. The molecule has 3 aromatic rings. The maximum absolute atomic E-state index is 13.3. The topological polar surface area (TPSA) is 71.2 Å². The Hall–Kier alpha value is -2.48. The molecule has 1 aliphatic rings. The molecule has 3 N–H and O–H groups in total. The van der Waals surface area contributed by atoms with Crippen molar-refractivity contribution in [2.45, 2.75) is 19.9 Å². The van der Waals surface area contributed by atoms with Crippen LogP contribution in [0.5, 0.6) is 0 Å². The first-order valence-corrected chi connectivity index (χ1v) is 10.4. The minimum absolute atomic E-state index is 0.108. The monoisotopic (exact) mass is 430 g/mol. The van der Waals surface area contributed by atoms with Gasteiger partial charge in [-0.25, -0.2) is 9.37 Å². The van der Waals surface area contributed by atoms with Crippen molar-refractivity contribution in [1.29, 1.82) is 0 Å². The summed E-state index contributed by atoms with van der Waals surface area (Å²) in [5.74, 6) is -0.605. The predicted molar refractivity (Wildman–Crippen MR) is 116 cm³/mol. The quantitative estimate of drug-likeness (QED) is 0.641. The summed E-state index contributed by atoms with van der Waals surface area (Å²) in [6, 6.07) is 10.4. The molecule has 0 bridgehead atoms. The Bertz CT molecular complexity index is 1130. The van der Waals surface area contributed by atoms with Crippen LogP contribution in [0, 0.1) is 12.7 Å². The smallest absolute Gasteiger partial charge is 0.253 e. The van der Waals surface area contributed by atoms with E-state index in [9.17, 15) is 9.18 Å². The molecule has 150 valence electrons. The standard InChI is InChI=1S/C21H20ClFN4OS/c1-12-25-19-5-3-14(9-20(19)29-12)26-21(28)15-6-7-27(11-18(15)24)10-13-2-4-17(23)16(22)8-13/h2-5,8-9H,6-7,10-11,24H2,1H3,(H,26,28). The third-order valence-corrected chi connectivity index (χ3v) is 6.10. The van der Waals surface area contributed by atoms with Crippen LogP contribution >= 0.6 is 22.9 Å². The maximum Gasteiger partial charge on any atom is 0.253 e. The van der Waals surface area contributed by atoms with Gasteiger partial charge in [0.05, 0.1) is 20.2 Å². The second kappa shape index (κ2) is 8.10. The average molecular weight is 431 g/mol.